The molecule has 0 fully saturated rings. The van der Waals surface area contributed by atoms with E-state index in [4.69, 9.17) is 0 Å². The van der Waals surface area contributed by atoms with Crippen LogP contribution in [0.2, 0.25) is 0 Å². The molecule has 0 aliphatic rings. The van der Waals surface area contributed by atoms with Gasteiger partial charge in [0.15, 0.2) is 0 Å². The van der Waals surface area contributed by atoms with Gasteiger partial charge in [-0.3, -0.25) is 14.9 Å². The fourth-order valence-electron chi connectivity index (χ4n) is 2.68. The second kappa shape index (κ2) is 7.40. The van der Waals surface area contributed by atoms with Gasteiger partial charge in [0.05, 0.1) is 23.9 Å². The van der Waals surface area contributed by atoms with Crippen molar-refractivity contribution >= 4 is 17.2 Å². The van der Waals surface area contributed by atoms with Crippen molar-refractivity contribution in [2.24, 2.45) is 0 Å². The van der Waals surface area contributed by atoms with Crippen LogP contribution in [0.4, 0.5) is 0 Å². The molecule has 24 heavy (non-hydrogen) atoms. The van der Waals surface area contributed by atoms with Gasteiger partial charge in [-0.25, -0.2) is 0 Å². The topological polar surface area (TPSA) is 70.7 Å². The maximum atomic E-state index is 12.5. The van der Waals surface area contributed by atoms with Gasteiger partial charge in [-0.1, -0.05) is 12.1 Å². The van der Waals surface area contributed by atoms with E-state index in [2.05, 4.69) is 26.6 Å². The molecule has 0 radical (unpaired) electrons. The van der Waals surface area contributed by atoms with E-state index >= 15 is 0 Å². The minimum atomic E-state index is -0.134. The van der Waals surface area contributed by atoms with Crippen LogP contribution < -0.4 is 5.32 Å². The summed E-state index contributed by atoms with van der Waals surface area (Å²) in [4.78, 5) is 18.2. The molecular formula is C18H20N4OS. The molecule has 5 nitrogen and oxygen atoms in total. The van der Waals surface area contributed by atoms with Crippen molar-refractivity contribution in [1.82, 2.24) is 20.5 Å². The van der Waals surface area contributed by atoms with Crippen molar-refractivity contribution in [1.29, 1.82) is 0 Å². The monoisotopic (exact) mass is 340 g/mol. The summed E-state index contributed by atoms with van der Waals surface area (Å²) in [6.45, 7) is 3.85. The number of aryl methyl sites for hydroxylation is 2. The summed E-state index contributed by atoms with van der Waals surface area (Å²) in [5, 5.41) is 12.2. The fourth-order valence-corrected chi connectivity index (χ4v) is 3.43. The van der Waals surface area contributed by atoms with Crippen molar-refractivity contribution in [2.45, 2.75) is 32.7 Å². The molecule has 3 aromatic rings. The molecule has 2 N–H and O–H groups in total. The number of carbonyl (C=O) groups excluding carboxylic acids is 1. The molecule has 6 heteroatoms. The first-order valence-corrected chi connectivity index (χ1v) is 8.74. The molecule has 3 aromatic heterocycles. The maximum absolute atomic E-state index is 12.5. The van der Waals surface area contributed by atoms with Gasteiger partial charge in [0.25, 0.3) is 0 Å². The normalized spacial score (nSPS) is 12.1. The summed E-state index contributed by atoms with van der Waals surface area (Å²) in [7, 11) is 0. The van der Waals surface area contributed by atoms with Gasteiger partial charge in [0, 0.05) is 28.8 Å². The molecule has 1 atom stereocenters. The standard InChI is InChI=1S/C18H20N4OS/c1-12-15(13(2)22-21-12)11-18(23)20-17(10-14-6-5-9-24-14)16-7-3-4-8-19-16/h3-9,17H,10-11H2,1-2H3,(H,20,23)(H,21,22)/t17-/m0/s1. The average Bonchev–Trinajstić information content (AvgIpc) is 3.20. The van der Waals surface area contributed by atoms with E-state index in [1.165, 1.54) is 4.88 Å². The third-order valence-corrected chi connectivity index (χ3v) is 4.88. The zero-order valence-corrected chi connectivity index (χ0v) is 14.6. The highest BCUT2D eigenvalue weighted by Gasteiger charge is 2.19. The Morgan fingerprint density at radius 3 is 2.79 bits per heavy atom. The number of nitrogens with one attached hydrogen (secondary N) is 2. The van der Waals surface area contributed by atoms with Crippen LogP contribution in [0.5, 0.6) is 0 Å². The number of H-pyrrole nitrogens is 1. The third kappa shape index (κ3) is 3.89. The summed E-state index contributed by atoms with van der Waals surface area (Å²) in [6, 6.07) is 9.75. The smallest absolute Gasteiger partial charge is 0.225 e. The molecule has 3 rings (SSSR count). The number of hydrogen-bond acceptors (Lipinski definition) is 4. The van der Waals surface area contributed by atoms with Crippen LogP contribution >= 0.6 is 11.3 Å². The van der Waals surface area contributed by atoms with Gasteiger partial charge in [-0.05, 0) is 37.4 Å². The first-order valence-electron chi connectivity index (χ1n) is 7.86. The molecule has 124 valence electrons. The molecule has 1 amide bonds. The number of thiophene rings is 1. The van der Waals surface area contributed by atoms with Crippen LogP contribution in [0.15, 0.2) is 41.9 Å². The van der Waals surface area contributed by atoms with E-state index in [-0.39, 0.29) is 11.9 Å². The number of pyridine rings is 1. The number of nitrogens with zero attached hydrogens (tertiary/aromatic N) is 2. The molecule has 0 aliphatic carbocycles. The molecule has 0 saturated heterocycles. The van der Waals surface area contributed by atoms with Crippen molar-refractivity contribution in [2.75, 3.05) is 0 Å². The van der Waals surface area contributed by atoms with Gasteiger partial charge >= 0.3 is 0 Å². The summed E-state index contributed by atoms with van der Waals surface area (Å²) < 4.78 is 0. The van der Waals surface area contributed by atoms with Crippen molar-refractivity contribution in [3.8, 4) is 0 Å². The van der Waals surface area contributed by atoms with Crippen molar-refractivity contribution in [3.05, 3.63) is 69.4 Å². The Morgan fingerprint density at radius 1 is 1.29 bits per heavy atom. The van der Waals surface area contributed by atoms with Crippen LogP contribution in [0.25, 0.3) is 0 Å². The van der Waals surface area contributed by atoms with Crippen LogP contribution in [-0.4, -0.2) is 21.1 Å². The number of hydrogen-bond donors (Lipinski definition) is 2. The van der Waals surface area contributed by atoms with Gasteiger partial charge in [-0.2, -0.15) is 5.10 Å². The van der Waals surface area contributed by atoms with Crippen molar-refractivity contribution < 1.29 is 4.79 Å². The van der Waals surface area contributed by atoms with Gasteiger partial charge < -0.3 is 5.32 Å². The lowest BCUT2D eigenvalue weighted by Crippen LogP contribution is -2.31. The molecule has 0 unspecified atom stereocenters. The highest BCUT2D eigenvalue weighted by molar-refractivity contribution is 7.09. The quantitative estimate of drug-likeness (QED) is 0.724. The Kier molecular flexibility index (Phi) is 5.05. The second-order valence-corrected chi connectivity index (χ2v) is 6.78. The SMILES string of the molecule is Cc1n[nH]c(C)c1CC(=O)N[C@@H](Cc1cccs1)c1ccccn1. The third-order valence-electron chi connectivity index (χ3n) is 3.98. The lowest BCUT2D eigenvalue weighted by atomic mass is 10.1. The van der Waals surface area contributed by atoms with E-state index in [1.54, 1.807) is 17.5 Å². The lowest BCUT2D eigenvalue weighted by Gasteiger charge is -2.18. The van der Waals surface area contributed by atoms with E-state index in [0.29, 0.717) is 6.42 Å². The first kappa shape index (κ1) is 16.4. The van der Waals surface area contributed by atoms with E-state index in [9.17, 15) is 4.79 Å². The zero-order valence-electron chi connectivity index (χ0n) is 13.7. The van der Waals surface area contributed by atoms with Crippen LogP contribution in [0.3, 0.4) is 0 Å². The van der Waals surface area contributed by atoms with E-state index < -0.39 is 0 Å². The van der Waals surface area contributed by atoms with Gasteiger partial charge in [0.2, 0.25) is 5.91 Å². The highest BCUT2D eigenvalue weighted by atomic mass is 32.1. The number of amides is 1. The molecule has 0 aliphatic heterocycles. The predicted molar refractivity (Wildman–Crippen MR) is 94.9 cm³/mol. The summed E-state index contributed by atoms with van der Waals surface area (Å²) in [5.74, 6) is -0.0187. The Labute approximate surface area is 145 Å². The molecular weight excluding hydrogens is 320 g/mol. The second-order valence-electron chi connectivity index (χ2n) is 5.75. The Morgan fingerprint density at radius 2 is 2.17 bits per heavy atom. The minimum Gasteiger partial charge on any atom is -0.347 e. The summed E-state index contributed by atoms with van der Waals surface area (Å²) in [6.07, 6.45) is 2.82. The number of carbonyl (C=O) groups is 1. The molecule has 0 saturated carbocycles. The van der Waals surface area contributed by atoms with Crippen LogP contribution in [-0.2, 0) is 17.6 Å². The van der Waals surface area contributed by atoms with Gasteiger partial charge in [-0.15, -0.1) is 11.3 Å². The summed E-state index contributed by atoms with van der Waals surface area (Å²) in [5.41, 5.74) is 3.65. The molecule has 0 bridgehead atoms. The predicted octanol–water partition coefficient (Wildman–Crippen LogP) is 3.13. The fraction of sp³-hybridized carbons (Fsp3) is 0.278. The summed E-state index contributed by atoms with van der Waals surface area (Å²) >= 11 is 1.69. The lowest BCUT2D eigenvalue weighted by molar-refractivity contribution is -0.121. The average molecular weight is 340 g/mol. The largest absolute Gasteiger partial charge is 0.347 e. The minimum absolute atomic E-state index is 0.0187. The van der Waals surface area contributed by atoms with Crippen LogP contribution in [0.1, 0.15) is 33.6 Å². The van der Waals surface area contributed by atoms with E-state index in [1.807, 2.05) is 43.5 Å². The molecule has 0 aromatic carbocycles. The van der Waals surface area contributed by atoms with Crippen LogP contribution in [0, 0.1) is 13.8 Å². The maximum Gasteiger partial charge on any atom is 0.225 e. The molecule has 0 spiro atoms. The zero-order chi connectivity index (χ0) is 16.9. The number of rotatable bonds is 6. The Bertz CT molecular complexity index is 776. The van der Waals surface area contributed by atoms with Crippen molar-refractivity contribution in [3.63, 3.8) is 0 Å². The highest BCUT2D eigenvalue weighted by Crippen LogP contribution is 2.20. The van der Waals surface area contributed by atoms with Gasteiger partial charge in [0.1, 0.15) is 0 Å². The Hall–Kier alpha value is -2.47. The molecule has 3 heterocycles. The first-order chi connectivity index (χ1) is 11.6. The Balaban J connectivity index is 1.75. The number of aromatic nitrogens is 3. The number of aromatic amines is 1. The van der Waals surface area contributed by atoms with E-state index in [0.717, 1.165) is 29.1 Å².